The third-order valence-corrected chi connectivity index (χ3v) is 2.94. The standard InChI is InChI=1S/C12H17F3N4/c1-10(2)3-4-19-8-11(7-16-19)17-5-6-18(9-17)12(13,14)15/h5-8,10H,3-4,9H2,1-2H3. The summed E-state index contributed by atoms with van der Waals surface area (Å²) >= 11 is 0. The van der Waals surface area contributed by atoms with Gasteiger partial charge in [-0.2, -0.15) is 18.3 Å². The number of halogens is 3. The Morgan fingerprint density at radius 2 is 2.05 bits per heavy atom. The molecule has 4 nitrogen and oxygen atoms in total. The van der Waals surface area contributed by atoms with Gasteiger partial charge in [-0.1, -0.05) is 13.8 Å². The molecule has 19 heavy (non-hydrogen) atoms. The summed E-state index contributed by atoms with van der Waals surface area (Å²) in [6.07, 6.45) is 2.46. The lowest BCUT2D eigenvalue weighted by atomic mass is 10.1. The summed E-state index contributed by atoms with van der Waals surface area (Å²) in [4.78, 5) is 1.85. The normalized spacial score (nSPS) is 15.9. The molecule has 1 aromatic heterocycles. The number of hydrogen-bond donors (Lipinski definition) is 0. The molecule has 0 saturated heterocycles. The Hall–Kier alpha value is -1.66. The van der Waals surface area contributed by atoms with Gasteiger partial charge in [0, 0.05) is 25.1 Å². The van der Waals surface area contributed by atoms with Gasteiger partial charge in [0.1, 0.15) is 6.67 Å². The summed E-state index contributed by atoms with van der Waals surface area (Å²) in [7, 11) is 0. The fourth-order valence-electron chi connectivity index (χ4n) is 1.77. The molecule has 1 aliphatic rings. The Kier molecular flexibility index (Phi) is 3.73. The second-order valence-electron chi connectivity index (χ2n) is 4.99. The zero-order valence-electron chi connectivity index (χ0n) is 10.9. The highest BCUT2D eigenvalue weighted by Crippen LogP contribution is 2.27. The first-order chi connectivity index (χ1) is 8.86. The van der Waals surface area contributed by atoms with Crippen LogP contribution in [0.15, 0.2) is 24.8 Å². The van der Waals surface area contributed by atoms with Crippen LogP contribution in [0.2, 0.25) is 0 Å². The molecular formula is C12H17F3N4. The van der Waals surface area contributed by atoms with Gasteiger partial charge in [-0.25, -0.2) is 0 Å². The number of aromatic nitrogens is 2. The third kappa shape index (κ3) is 3.42. The molecule has 2 rings (SSSR count). The van der Waals surface area contributed by atoms with Crippen molar-refractivity contribution in [3.05, 3.63) is 24.8 Å². The van der Waals surface area contributed by atoms with Crippen LogP contribution in [0.1, 0.15) is 20.3 Å². The first-order valence-corrected chi connectivity index (χ1v) is 6.17. The first-order valence-electron chi connectivity index (χ1n) is 6.17. The molecule has 2 heterocycles. The minimum absolute atomic E-state index is 0.223. The summed E-state index contributed by atoms with van der Waals surface area (Å²) in [5.41, 5.74) is 0.673. The Bertz CT molecular complexity index is 450. The molecule has 7 heteroatoms. The van der Waals surface area contributed by atoms with Crippen LogP contribution in [0.5, 0.6) is 0 Å². The highest BCUT2D eigenvalue weighted by Gasteiger charge is 2.38. The summed E-state index contributed by atoms with van der Waals surface area (Å²) in [5, 5.41) is 4.16. The average molecular weight is 274 g/mol. The van der Waals surface area contributed by atoms with Crippen LogP contribution in [0.3, 0.4) is 0 Å². The lowest BCUT2D eigenvalue weighted by Crippen LogP contribution is -2.36. The monoisotopic (exact) mass is 274 g/mol. The maximum atomic E-state index is 12.5. The van der Waals surface area contributed by atoms with E-state index < -0.39 is 6.30 Å². The van der Waals surface area contributed by atoms with Gasteiger partial charge in [-0.3, -0.25) is 9.58 Å². The lowest BCUT2D eigenvalue weighted by Gasteiger charge is -2.21. The third-order valence-electron chi connectivity index (χ3n) is 2.94. The fraction of sp³-hybridized carbons (Fsp3) is 0.583. The number of alkyl halides is 3. The van der Waals surface area contributed by atoms with Crippen molar-refractivity contribution < 1.29 is 13.2 Å². The van der Waals surface area contributed by atoms with Gasteiger partial charge in [0.05, 0.1) is 11.9 Å². The van der Waals surface area contributed by atoms with E-state index >= 15 is 0 Å². The quantitative estimate of drug-likeness (QED) is 0.789. The van der Waals surface area contributed by atoms with Gasteiger partial charge in [0.25, 0.3) is 0 Å². The lowest BCUT2D eigenvalue weighted by molar-refractivity contribution is -0.224. The maximum Gasteiger partial charge on any atom is 0.485 e. The largest absolute Gasteiger partial charge is 0.485 e. The molecule has 0 unspecified atom stereocenters. The van der Waals surface area contributed by atoms with Gasteiger partial charge in [-0.05, 0) is 12.3 Å². The van der Waals surface area contributed by atoms with Crippen molar-refractivity contribution in [1.82, 2.24) is 14.7 Å². The molecule has 0 aliphatic carbocycles. The van der Waals surface area contributed by atoms with Crippen molar-refractivity contribution in [2.75, 3.05) is 11.6 Å². The highest BCUT2D eigenvalue weighted by molar-refractivity contribution is 5.46. The highest BCUT2D eigenvalue weighted by atomic mass is 19.4. The van der Waals surface area contributed by atoms with Crippen LogP contribution in [0, 0.1) is 5.92 Å². The molecule has 0 bridgehead atoms. The molecule has 0 saturated carbocycles. The molecule has 0 aromatic carbocycles. The number of hydrogen-bond acceptors (Lipinski definition) is 3. The van der Waals surface area contributed by atoms with E-state index in [1.807, 2.05) is 0 Å². The van der Waals surface area contributed by atoms with E-state index in [9.17, 15) is 13.2 Å². The van der Waals surface area contributed by atoms with Crippen molar-refractivity contribution in [2.24, 2.45) is 5.92 Å². The van der Waals surface area contributed by atoms with Gasteiger partial charge in [-0.15, -0.1) is 0 Å². The van der Waals surface area contributed by atoms with Crippen LogP contribution in [-0.4, -0.2) is 27.6 Å². The minimum atomic E-state index is -4.33. The number of rotatable bonds is 4. The van der Waals surface area contributed by atoms with E-state index in [1.165, 1.54) is 11.1 Å². The van der Waals surface area contributed by atoms with Crippen LogP contribution in [0.4, 0.5) is 18.9 Å². The van der Waals surface area contributed by atoms with Gasteiger partial charge < -0.3 is 4.90 Å². The van der Waals surface area contributed by atoms with Crippen molar-refractivity contribution in [2.45, 2.75) is 33.1 Å². The van der Waals surface area contributed by atoms with E-state index in [0.717, 1.165) is 19.2 Å². The van der Waals surface area contributed by atoms with Crippen LogP contribution in [0.25, 0.3) is 0 Å². The molecule has 0 spiro atoms. The molecule has 1 aliphatic heterocycles. The molecule has 0 fully saturated rings. The maximum absolute atomic E-state index is 12.5. The molecule has 0 radical (unpaired) electrons. The average Bonchev–Trinajstić information content (AvgIpc) is 2.94. The molecule has 1 aromatic rings. The smallest absolute Gasteiger partial charge is 0.325 e. The first kappa shape index (κ1) is 13.8. The van der Waals surface area contributed by atoms with E-state index in [0.29, 0.717) is 16.5 Å². The van der Waals surface area contributed by atoms with Crippen molar-refractivity contribution in [3.63, 3.8) is 0 Å². The zero-order chi connectivity index (χ0) is 14.0. The van der Waals surface area contributed by atoms with Gasteiger partial charge in [0.15, 0.2) is 0 Å². The Balaban J connectivity index is 1.96. The van der Waals surface area contributed by atoms with Crippen molar-refractivity contribution in [1.29, 1.82) is 0 Å². The summed E-state index contributed by atoms with van der Waals surface area (Å²) in [6.45, 7) is 4.79. The predicted molar refractivity (Wildman–Crippen MR) is 66.1 cm³/mol. The second kappa shape index (κ2) is 5.14. The molecule has 0 amide bonds. The Morgan fingerprint density at radius 1 is 1.32 bits per heavy atom. The van der Waals surface area contributed by atoms with Crippen LogP contribution >= 0.6 is 0 Å². The fourth-order valence-corrected chi connectivity index (χ4v) is 1.77. The Labute approximate surface area is 110 Å². The van der Waals surface area contributed by atoms with Crippen LogP contribution in [-0.2, 0) is 6.54 Å². The molecule has 106 valence electrons. The number of anilines is 1. The van der Waals surface area contributed by atoms with Crippen molar-refractivity contribution in [3.8, 4) is 0 Å². The van der Waals surface area contributed by atoms with Crippen LogP contribution < -0.4 is 4.90 Å². The van der Waals surface area contributed by atoms with E-state index in [4.69, 9.17) is 0 Å². The number of aryl methyl sites for hydroxylation is 1. The van der Waals surface area contributed by atoms with E-state index in [-0.39, 0.29) is 6.67 Å². The minimum Gasteiger partial charge on any atom is -0.325 e. The van der Waals surface area contributed by atoms with E-state index in [2.05, 4.69) is 18.9 Å². The number of nitrogens with zero attached hydrogens (tertiary/aromatic N) is 4. The molecule has 0 atom stereocenters. The SMILES string of the molecule is CC(C)CCn1cc(N2C=CN(C(F)(F)F)C2)cn1. The zero-order valence-corrected chi connectivity index (χ0v) is 10.9. The second-order valence-corrected chi connectivity index (χ2v) is 4.99. The van der Waals surface area contributed by atoms with Gasteiger partial charge >= 0.3 is 6.30 Å². The predicted octanol–water partition coefficient (Wildman–Crippen LogP) is 3.00. The molecule has 0 N–H and O–H groups in total. The van der Waals surface area contributed by atoms with Crippen molar-refractivity contribution >= 4 is 5.69 Å². The summed E-state index contributed by atoms with van der Waals surface area (Å²) < 4.78 is 39.2. The van der Waals surface area contributed by atoms with E-state index in [1.54, 1.807) is 17.1 Å². The Morgan fingerprint density at radius 3 is 2.63 bits per heavy atom. The molecular weight excluding hydrogens is 257 g/mol. The van der Waals surface area contributed by atoms with Gasteiger partial charge in [0.2, 0.25) is 0 Å². The topological polar surface area (TPSA) is 24.3 Å². The summed E-state index contributed by atoms with van der Waals surface area (Å²) in [5.74, 6) is 0.569. The summed E-state index contributed by atoms with van der Waals surface area (Å²) in [6, 6.07) is 0.